The van der Waals surface area contributed by atoms with Crippen molar-refractivity contribution in [3.8, 4) is 0 Å². The van der Waals surface area contributed by atoms with Gasteiger partial charge in [-0.3, -0.25) is 9.59 Å². The molecule has 144 valence electrons. The minimum Gasteiger partial charge on any atom is -0.350 e. The van der Waals surface area contributed by atoms with Crippen LogP contribution in [-0.4, -0.2) is 42.0 Å². The van der Waals surface area contributed by atoms with E-state index in [9.17, 15) is 9.59 Å². The zero-order valence-corrected chi connectivity index (χ0v) is 16.1. The lowest BCUT2D eigenvalue weighted by molar-refractivity contribution is 0.0820. The number of hydrazone groups is 1. The summed E-state index contributed by atoms with van der Waals surface area (Å²) in [5.74, 6) is -0.713. The van der Waals surface area contributed by atoms with Crippen LogP contribution in [0.2, 0.25) is 0 Å². The summed E-state index contributed by atoms with van der Waals surface area (Å²) >= 11 is 0. The lowest BCUT2D eigenvalue weighted by Gasteiger charge is -2.10. The van der Waals surface area contributed by atoms with Crippen molar-refractivity contribution in [3.63, 3.8) is 0 Å². The van der Waals surface area contributed by atoms with Crippen molar-refractivity contribution in [1.29, 1.82) is 0 Å². The maximum atomic E-state index is 12.7. The van der Waals surface area contributed by atoms with Crippen LogP contribution in [0.15, 0.2) is 71.8 Å². The molecule has 0 bridgehead atoms. The number of nitrogens with zero attached hydrogens (tertiary/aromatic N) is 2. The number of H-pyrrole nitrogens is 1. The number of aromatic amines is 1. The molecule has 29 heavy (non-hydrogen) atoms. The van der Waals surface area contributed by atoms with Gasteiger partial charge in [-0.2, -0.15) is 5.10 Å². The number of aromatic nitrogens is 1. The molecular formula is C23H20N4O2. The number of fused-ring (bicyclic) bond motifs is 2. The summed E-state index contributed by atoms with van der Waals surface area (Å²) < 4.78 is 0. The van der Waals surface area contributed by atoms with E-state index in [0.29, 0.717) is 10.9 Å². The number of carbonyl (C=O) groups excluding carboxylic acids is 2. The smallest absolute Gasteiger partial charge is 0.288 e. The number of hydrogen-bond acceptors (Lipinski definition) is 3. The number of rotatable bonds is 4. The summed E-state index contributed by atoms with van der Waals surface area (Å²) in [6.07, 6.45) is 1.58. The lowest BCUT2D eigenvalue weighted by Crippen LogP contribution is -2.26. The number of para-hydroxylation sites is 1. The van der Waals surface area contributed by atoms with Crippen LogP contribution in [0.4, 0.5) is 0 Å². The highest BCUT2D eigenvalue weighted by Crippen LogP contribution is 2.23. The fourth-order valence-electron chi connectivity index (χ4n) is 3.27. The number of nitrogens with one attached hydrogen (secondary N) is 2. The Balaban J connectivity index is 1.61. The molecule has 6 heteroatoms. The van der Waals surface area contributed by atoms with Crippen LogP contribution >= 0.6 is 0 Å². The predicted octanol–water partition coefficient (Wildman–Crippen LogP) is 3.79. The van der Waals surface area contributed by atoms with Gasteiger partial charge in [0.25, 0.3) is 11.8 Å². The fourth-order valence-corrected chi connectivity index (χ4v) is 3.27. The van der Waals surface area contributed by atoms with Gasteiger partial charge in [-0.1, -0.05) is 54.6 Å². The van der Waals surface area contributed by atoms with Gasteiger partial charge in [0, 0.05) is 25.0 Å². The zero-order chi connectivity index (χ0) is 20.4. The summed E-state index contributed by atoms with van der Waals surface area (Å²) in [6, 6.07) is 21.3. The largest absolute Gasteiger partial charge is 0.350 e. The lowest BCUT2D eigenvalue weighted by atomic mass is 10.1. The molecule has 0 unspecified atom stereocenters. The normalized spacial score (nSPS) is 11.2. The molecule has 0 saturated carbocycles. The Morgan fingerprint density at radius 3 is 2.48 bits per heavy atom. The standard InChI is InChI=1S/C23H20N4O2/c1-27(2)23(29)20-18-9-5-6-10-19(18)25-21(20)22(28)26-24-14-15-11-12-16-7-3-4-8-17(16)13-15/h3-14,25H,1-2H3,(H,26,28). The molecule has 4 rings (SSSR count). The highest BCUT2D eigenvalue weighted by molar-refractivity contribution is 6.15. The molecular weight excluding hydrogens is 364 g/mol. The molecule has 3 aromatic carbocycles. The van der Waals surface area contributed by atoms with Crippen molar-refractivity contribution in [1.82, 2.24) is 15.3 Å². The van der Waals surface area contributed by atoms with Gasteiger partial charge < -0.3 is 9.88 Å². The summed E-state index contributed by atoms with van der Waals surface area (Å²) in [6.45, 7) is 0. The molecule has 1 heterocycles. The van der Waals surface area contributed by atoms with Crippen LogP contribution in [-0.2, 0) is 0 Å². The average Bonchev–Trinajstić information content (AvgIpc) is 3.12. The Hall–Kier alpha value is -3.93. The van der Waals surface area contributed by atoms with Gasteiger partial charge in [0.15, 0.2) is 0 Å². The van der Waals surface area contributed by atoms with Gasteiger partial charge in [-0.25, -0.2) is 5.43 Å². The molecule has 0 spiro atoms. The third-order valence-electron chi connectivity index (χ3n) is 4.71. The topological polar surface area (TPSA) is 77.6 Å². The number of carbonyl (C=O) groups is 2. The van der Waals surface area contributed by atoms with Crippen LogP contribution in [0.25, 0.3) is 21.7 Å². The second kappa shape index (κ2) is 7.59. The van der Waals surface area contributed by atoms with Gasteiger partial charge in [-0.05, 0) is 28.5 Å². The maximum Gasteiger partial charge on any atom is 0.288 e. The molecule has 0 atom stereocenters. The van der Waals surface area contributed by atoms with E-state index >= 15 is 0 Å². The Labute approximate surface area is 167 Å². The summed E-state index contributed by atoms with van der Waals surface area (Å²) in [4.78, 5) is 29.9. The van der Waals surface area contributed by atoms with Crippen LogP contribution in [0.1, 0.15) is 26.4 Å². The molecule has 4 aromatic rings. The first-order valence-electron chi connectivity index (χ1n) is 9.19. The minimum atomic E-state index is -0.469. The van der Waals surface area contributed by atoms with Crippen molar-refractivity contribution in [2.45, 2.75) is 0 Å². The highest BCUT2D eigenvalue weighted by atomic mass is 16.2. The molecule has 0 aliphatic rings. The molecule has 0 aliphatic carbocycles. The summed E-state index contributed by atoms with van der Waals surface area (Å²) in [5.41, 5.74) is 4.64. The third kappa shape index (κ3) is 3.60. The van der Waals surface area contributed by atoms with E-state index in [0.717, 1.165) is 21.9 Å². The third-order valence-corrected chi connectivity index (χ3v) is 4.71. The Morgan fingerprint density at radius 1 is 0.966 bits per heavy atom. The first-order valence-corrected chi connectivity index (χ1v) is 9.19. The van der Waals surface area contributed by atoms with E-state index in [-0.39, 0.29) is 11.6 Å². The van der Waals surface area contributed by atoms with E-state index in [1.807, 2.05) is 66.7 Å². The van der Waals surface area contributed by atoms with Crippen molar-refractivity contribution in [2.75, 3.05) is 14.1 Å². The van der Waals surface area contributed by atoms with E-state index in [1.165, 1.54) is 4.90 Å². The SMILES string of the molecule is CN(C)C(=O)c1c(C(=O)NN=Cc2ccc3ccccc3c2)[nH]c2ccccc12. The molecule has 2 N–H and O–H groups in total. The quantitative estimate of drug-likeness (QED) is 0.415. The van der Waals surface area contributed by atoms with E-state index < -0.39 is 5.91 Å². The van der Waals surface area contributed by atoms with Gasteiger partial charge in [0.2, 0.25) is 0 Å². The van der Waals surface area contributed by atoms with E-state index in [2.05, 4.69) is 15.5 Å². The molecule has 0 aliphatic heterocycles. The first-order chi connectivity index (χ1) is 14.0. The second-order valence-corrected chi connectivity index (χ2v) is 6.93. The first kappa shape index (κ1) is 18.4. The number of hydrogen-bond donors (Lipinski definition) is 2. The van der Waals surface area contributed by atoms with Crippen molar-refractivity contribution in [2.24, 2.45) is 5.10 Å². The summed E-state index contributed by atoms with van der Waals surface area (Å²) in [7, 11) is 3.31. The Morgan fingerprint density at radius 2 is 1.69 bits per heavy atom. The second-order valence-electron chi connectivity index (χ2n) is 6.93. The van der Waals surface area contributed by atoms with Gasteiger partial charge >= 0.3 is 0 Å². The average molecular weight is 384 g/mol. The van der Waals surface area contributed by atoms with Crippen LogP contribution in [0.3, 0.4) is 0 Å². The van der Waals surface area contributed by atoms with Crippen LogP contribution < -0.4 is 5.43 Å². The van der Waals surface area contributed by atoms with E-state index in [1.54, 1.807) is 20.3 Å². The van der Waals surface area contributed by atoms with Crippen LogP contribution in [0.5, 0.6) is 0 Å². The minimum absolute atomic E-state index is 0.195. The summed E-state index contributed by atoms with van der Waals surface area (Å²) in [5, 5.41) is 7.01. The fraction of sp³-hybridized carbons (Fsp3) is 0.0870. The highest BCUT2D eigenvalue weighted by Gasteiger charge is 2.24. The van der Waals surface area contributed by atoms with Gasteiger partial charge in [0.05, 0.1) is 11.8 Å². The monoisotopic (exact) mass is 384 g/mol. The molecule has 0 radical (unpaired) electrons. The molecule has 0 fully saturated rings. The Bertz CT molecular complexity index is 1250. The van der Waals surface area contributed by atoms with Gasteiger partial charge in [-0.15, -0.1) is 0 Å². The van der Waals surface area contributed by atoms with E-state index in [4.69, 9.17) is 0 Å². The molecule has 0 saturated heterocycles. The molecule has 6 nitrogen and oxygen atoms in total. The predicted molar refractivity (Wildman–Crippen MR) is 115 cm³/mol. The van der Waals surface area contributed by atoms with Crippen LogP contribution in [0, 0.1) is 0 Å². The Kier molecular flexibility index (Phi) is 4.83. The maximum absolute atomic E-state index is 12.7. The number of amides is 2. The number of benzene rings is 3. The van der Waals surface area contributed by atoms with Crippen molar-refractivity contribution in [3.05, 3.63) is 83.6 Å². The molecule has 1 aromatic heterocycles. The molecule has 2 amide bonds. The zero-order valence-electron chi connectivity index (χ0n) is 16.1. The van der Waals surface area contributed by atoms with Crippen molar-refractivity contribution >= 4 is 39.7 Å². The van der Waals surface area contributed by atoms with Gasteiger partial charge in [0.1, 0.15) is 5.69 Å². The van der Waals surface area contributed by atoms with Crippen molar-refractivity contribution < 1.29 is 9.59 Å².